The van der Waals surface area contributed by atoms with E-state index in [0.717, 1.165) is 42.6 Å². The Bertz CT molecular complexity index is 352. The highest BCUT2D eigenvalue weighted by molar-refractivity contribution is 6.33. The van der Waals surface area contributed by atoms with Crippen molar-refractivity contribution in [3.05, 3.63) is 0 Å². The second kappa shape index (κ2) is 6.37. The first-order valence-electron chi connectivity index (χ1n) is 6.53. The van der Waals surface area contributed by atoms with E-state index in [9.17, 15) is 9.59 Å². The molecule has 108 valence electrons. The van der Waals surface area contributed by atoms with Gasteiger partial charge in [0.05, 0.1) is 12.5 Å². The molecule has 0 spiro atoms. The minimum Gasteiger partial charge on any atom is -0.348 e. The molecule has 2 unspecified atom stereocenters. The van der Waals surface area contributed by atoms with Crippen molar-refractivity contribution < 1.29 is 14.2 Å². The normalized spacial score (nSPS) is 31.2. The zero-order valence-electron chi connectivity index (χ0n) is 10.6. The number of hydrogen-bond acceptors (Lipinski definition) is 4. The zero-order chi connectivity index (χ0) is 13.9. The predicted molar refractivity (Wildman–Crippen MR) is 71.5 cm³/mol. The van der Waals surface area contributed by atoms with Crippen LogP contribution in [0.4, 0.5) is 0 Å². The number of amides is 1. The number of halogens is 2. The minimum atomic E-state index is -0.0664. The number of nitrogens with zero attached hydrogens (tertiary/aromatic N) is 2. The fourth-order valence-electron chi connectivity index (χ4n) is 2.60. The maximum absolute atomic E-state index is 12.0. The van der Waals surface area contributed by atoms with E-state index in [2.05, 4.69) is 10.9 Å². The van der Waals surface area contributed by atoms with Crippen LogP contribution in [0.15, 0.2) is 0 Å². The highest BCUT2D eigenvalue weighted by Crippen LogP contribution is 2.22. The van der Waals surface area contributed by atoms with Crippen LogP contribution in [0.2, 0.25) is 0 Å². The second-order valence-electron chi connectivity index (χ2n) is 5.42. The topological polar surface area (TPSA) is 61.4 Å². The monoisotopic (exact) mass is 309 g/mol. The third-order valence-electron chi connectivity index (χ3n) is 3.61. The summed E-state index contributed by atoms with van der Waals surface area (Å²) >= 11 is 11.3. The van der Waals surface area contributed by atoms with Crippen LogP contribution in [-0.4, -0.2) is 46.5 Å². The number of likely N-dealkylation sites (tertiary alicyclic amines) is 1. The average Bonchev–Trinajstić information content (AvgIpc) is 3.11. The molecule has 0 aromatic carbocycles. The zero-order valence-corrected chi connectivity index (χ0v) is 12.2. The highest BCUT2D eigenvalue weighted by atomic mass is 35.5. The van der Waals surface area contributed by atoms with Gasteiger partial charge >= 0.3 is 0 Å². The van der Waals surface area contributed by atoms with Gasteiger partial charge in [0, 0.05) is 29.6 Å². The maximum Gasteiger partial charge on any atom is 0.277 e. The summed E-state index contributed by atoms with van der Waals surface area (Å²) in [6, 6.07) is 0.322. The quantitative estimate of drug-likeness (QED) is 0.328. The van der Waals surface area contributed by atoms with Gasteiger partial charge in [-0.05, 0) is 29.7 Å². The summed E-state index contributed by atoms with van der Waals surface area (Å²) in [5, 5.41) is 2.94. The molecule has 1 amide bonds. The van der Waals surface area contributed by atoms with Crippen LogP contribution in [0.25, 0.3) is 0 Å². The molecule has 6 nitrogen and oxygen atoms in total. The van der Waals surface area contributed by atoms with Gasteiger partial charge in [-0.2, -0.15) is 0 Å². The summed E-state index contributed by atoms with van der Waals surface area (Å²) in [5.41, 5.74) is 2.87. The second-order valence-corrected chi connectivity index (χ2v) is 6.27. The molecule has 1 saturated heterocycles. The van der Waals surface area contributed by atoms with E-state index in [-0.39, 0.29) is 23.0 Å². The van der Waals surface area contributed by atoms with Crippen LogP contribution in [-0.2, 0) is 9.59 Å². The van der Waals surface area contributed by atoms with Crippen LogP contribution >= 0.6 is 23.6 Å². The molecule has 2 atom stereocenters. The van der Waals surface area contributed by atoms with E-state index in [1.807, 2.05) is 0 Å². The molecule has 0 bridgehead atoms. The summed E-state index contributed by atoms with van der Waals surface area (Å²) in [5.74, 6) is -0.0972. The van der Waals surface area contributed by atoms with Crippen molar-refractivity contribution in [2.45, 2.75) is 31.7 Å². The third kappa shape index (κ3) is 4.57. The molecular formula is C11H19Cl2N4O2+. The summed E-state index contributed by atoms with van der Waals surface area (Å²) in [7, 11) is 0. The molecule has 19 heavy (non-hydrogen) atoms. The Labute approximate surface area is 122 Å². The fourth-order valence-corrected chi connectivity index (χ4v) is 2.93. The lowest BCUT2D eigenvalue weighted by atomic mass is 9.99. The van der Waals surface area contributed by atoms with Gasteiger partial charge in [-0.3, -0.25) is 4.79 Å². The number of carbonyl (C=O) groups is 2. The van der Waals surface area contributed by atoms with Crippen LogP contribution in [0.1, 0.15) is 25.7 Å². The first kappa shape index (κ1) is 15.0. The summed E-state index contributed by atoms with van der Waals surface area (Å²) in [6.45, 7) is 1.48. The molecule has 8 heteroatoms. The summed E-state index contributed by atoms with van der Waals surface area (Å²) < 4.78 is 1.03. The average molecular weight is 310 g/mol. The Balaban J connectivity index is 1.99. The Morgan fingerprint density at radius 1 is 1.37 bits per heavy atom. The fraction of sp³-hybridized carbons (Fsp3) is 0.818. The van der Waals surface area contributed by atoms with Crippen molar-refractivity contribution >= 4 is 35.7 Å². The Kier molecular flexibility index (Phi) is 5.03. The van der Waals surface area contributed by atoms with E-state index in [0.29, 0.717) is 12.6 Å². The van der Waals surface area contributed by atoms with Gasteiger partial charge in [-0.15, -0.1) is 0 Å². The van der Waals surface area contributed by atoms with Gasteiger partial charge in [0.1, 0.15) is 12.8 Å². The van der Waals surface area contributed by atoms with Crippen LogP contribution < -0.4 is 10.9 Å². The molecule has 2 rings (SSSR count). The number of aldehydes is 1. The van der Waals surface area contributed by atoms with Crippen molar-refractivity contribution in [3.8, 4) is 0 Å². The number of carbonyl (C=O) groups excluding carboxylic acids is 2. The molecule has 0 radical (unpaired) electrons. The van der Waals surface area contributed by atoms with Crippen molar-refractivity contribution in [1.82, 2.24) is 14.9 Å². The molecule has 1 aliphatic carbocycles. The van der Waals surface area contributed by atoms with E-state index < -0.39 is 0 Å². The van der Waals surface area contributed by atoms with E-state index in [4.69, 9.17) is 23.6 Å². The number of rotatable bonds is 6. The molecule has 2 aliphatic rings. The van der Waals surface area contributed by atoms with E-state index in [1.165, 1.54) is 0 Å². The number of quaternary nitrogens is 1. The summed E-state index contributed by atoms with van der Waals surface area (Å²) in [6.07, 6.45) is 4.74. The highest BCUT2D eigenvalue weighted by Gasteiger charge is 2.39. The van der Waals surface area contributed by atoms with Crippen LogP contribution in [0.3, 0.4) is 0 Å². The van der Waals surface area contributed by atoms with Gasteiger partial charge in [0.2, 0.25) is 0 Å². The van der Waals surface area contributed by atoms with E-state index in [1.54, 1.807) is 0 Å². The number of hydrogen-bond donors (Lipinski definition) is 2. The maximum atomic E-state index is 12.0. The van der Waals surface area contributed by atoms with Crippen LogP contribution in [0.5, 0.6) is 0 Å². The largest absolute Gasteiger partial charge is 0.348 e. The standard InChI is InChI=1S/C11H18Cl2N4O2/c12-16(13)15-17(5-1-2-9(6-17)8-18)7-11(19)14-10-3-4-10/h8-10,15H,1-7H2/p+1. The van der Waals surface area contributed by atoms with Crippen LogP contribution in [0, 0.1) is 5.92 Å². The van der Waals surface area contributed by atoms with Crippen molar-refractivity contribution in [3.63, 3.8) is 0 Å². The molecule has 2 fully saturated rings. The van der Waals surface area contributed by atoms with Crippen molar-refractivity contribution in [2.24, 2.45) is 5.92 Å². The van der Waals surface area contributed by atoms with Crippen molar-refractivity contribution in [1.29, 1.82) is 0 Å². The van der Waals surface area contributed by atoms with Gasteiger partial charge in [0.25, 0.3) is 5.91 Å². The first-order valence-corrected chi connectivity index (χ1v) is 7.21. The predicted octanol–water partition coefficient (Wildman–Crippen LogP) is 0.720. The van der Waals surface area contributed by atoms with Gasteiger partial charge < -0.3 is 10.1 Å². The number of nitrogens with one attached hydrogen (secondary N) is 2. The molecule has 1 aliphatic heterocycles. The molecular weight excluding hydrogens is 291 g/mol. The Morgan fingerprint density at radius 2 is 2.11 bits per heavy atom. The van der Waals surface area contributed by atoms with Crippen molar-refractivity contribution in [2.75, 3.05) is 19.6 Å². The number of hydrazine groups is 1. The smallest absolute Gasteiger partial charge is 0.277 e. The lowest BCUT2D eigenvalue weighted by Crippen LogP contribution is -2.67. The molecule has 0 aromatic heterocycles. The molecule has 1 saturated carbocycles. The molecule has 1 heterocycles. The SMILES string of the molecule is O=CC1CCC[N+](CC(=O)NC2CC2)(NN(Cl)Cl)C1. The third-order valence-corrected chi connectivity index (χ3v) is 3.77. The lowest BCUT2D eigenvalue weighted by molar-refractivity contribution is -0.978. The minimum absolute atomic E-state index is 0.0308. The Morgan fingerprint density at radius 3 is 2.68 bits per heavy atom. The first-order chi connectivity index (χ1) is 9.03. The summed E-state index contributed by atoms with van der Waals surface area (Å²) in [4.78, 5) is 23.0. The van der Waals surface area contributed by atoms with Gasteiger partial charge in [-0.1, -0.05) is 5.53 Å². The Hall–Kier alpha value is -0.400. The lowest BCUT2D eigenvalue weighted by Gasteiger charge is -2.41. The van der Waals surface area contributed by atoms with Gasteiger partial charge in [0.15, 0.2) is 6.54 Å². The molecule has 2 N–H and O–H groups in total. The molecule has 0 aromatic rings. The van der Waals surface area contributed by atoms with Gasteiger partial charge in [-0.25, -0.2) is 4.59 Å². The van der Waals surface area contributed by atoms with E-state index >= 15 is 0 Å². The number of piperidine rings is 1.